The zero-order chi connectivity index (χ0) is 11.1. The first kappa shape index (κ1) is 12.3. The number of carbonyl (C=O) groups is 1. The average Bonchev–Trinajstić information content (AvgIpc) is 2.26. The molecule has 0 N–H and O–H groups in total. The summed E-state index contributed by atoms with van der Waals surface area (Å²) in [6.45, 7) is 0. The second kappa shape index (κ2) is 6.63. The maximum Gasteiger partial charge on any atom is 0.306 e. The van der Waals surface area contributed by atoms with E-state index in [0.29, 0.717) is 11.6 Å². The Morgan fingerprint density at radius 3 is 2.93 bits per heavy atom. The molecule has 1 aromatic heterocycles. The van der Waals surface area contributed by atoms with E-state index in [1.807, 2.05) is 0 Å². The molecular formula is C9H11ClN2O2S. The molecule has 0 amide bonds. The zero-order valence-corrected chi connectivity index (χ0v) is 9.85. The van der Waals surface area contributed by atoms with Crippen molar-refractivity contribution in [1.82, 2.24) is 9.97 Å². The molecule has 0 bridgehead atoms. The van der Waals surface area contributed by atoms with E-state index >= 15 is 0 Å². The summed E-state index contributed by atoms with van der Waals surface area (Å²) < 4.78 is 4.52. The number of nitrogens with zero attached hydrogens (tertiary/aromatic N) is 2. The number of ether oxygens (including phenoxy) is 1. The summed E-state index contributed by atoms with van der Waals surface area (Å²) in [4.78, 5) is 18.8. The van der Waals surface area contributed by atoms with Gasteiger partial charge in [-0.25, -0.2) is 4.98 Å². The fourth-order valence-electron chi connectivity index (χ4n) is 0.848. The van der Waals surface area contributed by atoms with Crippen molar-refractivity contribution >= 4 is 29.3 Å². The number of esters is 1. The minimum atomic E-state index is -0.190. The van der Waals surface area contributed by atoms with Crippen LogP contribution in [0.5, 0.6) is 0 Å². The fraction of sp³-hybridized carbons (Fsp3) is 0.444. The summed E-state index contributed by atoms with van der Waals surface area (Å²) in [5.74, 6) is 1.25. The summed E-state index contributed by atoms with van der Waals surface area (Å²) >= 11 is 7.20. The number of aromatic nitrogens is 2. The van der Waals surface area contributed by atoms with Crippen LogP contribution in [-0.4, -0.2) is 28.8 Å². The van der Waals surface area contributed by atoms with E-state index in [2.05, 4.69) is 14.7 Å². The molecule has 82 valence electrons. The normalized spacial score (nSPS) is 10.0. The van der Waals surface area contributed by atoms with Crippen LogP contribution < -0.4 is 0 Å². The Bertz CT molecular complexity index is 318. The maximum atomic E-state index is 10.8. The summed E-state index contributed by atoms with van der Waals surface area (Å²) in [6, 6.07) is 0. The molecule has 4 nitrogen and oxygen atoms in total. The largest absolute Gasteiger partial charge is 0.469 e. The fourth-order valence-corrected chi connectivity index (χ4v) is 1.76. The Kier molecular flexibility index (Phi) is 5.42. The molecule has 0 radical (unpaired) electrons. The van der Waals surface area contributed by atoms with E-state index < -0.39 is 0 Å². The van der Waals surface area contributed by atoms with Gasteiger partial charge in [0.1, 0.15) is 5.15 Å². The number of thioether (sulfide) groups is 1. The van der Waals surface area contributed by atoms with Crippen LogP contribution in [0.25, 0.3) is 0 Å². The number of hydrogen-bond donors (Lipinski definition) is 0. The summed E-state index contributed by atoms with van der Waals surface area (Å²) in [7, 11) is 1.39. The molecular weight excluding hydrogens is 236 g/mol. The maximum absolute atomic E-state index is 10.8. The van der Waals surface area contributed by atoms with Gasteiger partial charge < -0.3 is 4.74 Å². The monoisotopic (exact) mass is 246 g/mol. The lowest BCUT2D eigenvalue weighted by Crippen LogP contribution is -2.01. The highest BCUT2D eigenvalue weighted by Gasteiger charge is 2.01. The Morgan fingerprint density at radius 2 is 2.33 bits per heavy atom. The molecule has 0 aromatic carbocycles. The second-order valence-electron chi connectivity index (χ2n) is 2.71. The van der Waals surface area contributed by atoms with Crippen molar-refractivity contribution in [2.24, 2.45) is 0 Å². The van der Waals surface area contributed by atoms with E-state index in [1.165, 1.54) is 13.3 Å². The average molecular weight is 247 g/mol. The number of halogens is 1. The summed E-state index contributed by atoms with van der Waals surface area (Å²) in [5.41, 5.74) is 0.856. The van der Waals surface area contributed by atoms with Gasteiger partial charge in [0, 0.05) is 11.5 Å². The van der Waals surface area contributed by atoms with Gasteiger partial charge in [-0.15, -0.1) is 0 Å². The minimum Gasteiger partial charge on any atom is -0.469 e. The smallest absolute Gasteiger partial charge is 0.306 e. The molecule has 0 aliphatic heterocycles. The third kappa shape index (κ3) is 4.99. The lowest BCUT2D eigenvalue weighted by atomic mass is 10.5. The molecule has 0 aliphatic carbocycles. The lowest BCUT2D eigenvalue weighted by Gasteiger charge is -2.00. The number of hydrogen-bond acceptors (Lipinski definition) is 5. The lowest BCUT2D eigenvalue weighted by molar-refractivity contribution is -0.140. The standard InChI is InChI=1S/C9H11ClN2O2S/c1-14-9(13)2-3-15-6-7-4-12-8(10)5-11-7/h4-5H,2-3,6H2,1H3. The van der Waals surface area contributed by atoms with Crippen molar-refractivity contribution in [1.29, 1.82) is 0 Å². The van der Waals surface area contributed by atoms with Crippen molar-refractivity contribution in [3.05, 3.63) is 23.2 Å². The van der Waals surface area contributed by atoms with Crippen molar-refractivity contribution in [3.8, 4) is 0 Å². The first-order valence-corrected chi connectivity index (χ1v) is 5.86. The van der Waals surface area contributed by atoms with Crippen LogP contribution in [0, 0.1) is 0 Å². The number of methoxy groups -OCH3 is 1. The molecule has 1 rings (SSSR count). The van der Waals surface area contributed by atoms with E-state index in [-0.39, 0.29) is 5.97 Å². The van der Waals surface area contributed by atoms with Crippen LogP contribution in [0.3, 0.4) is 0 Å². The molecule has 1 heterocycles. The first-order chi connectivity index (χ1) is 7.22. The quantitative estimate of drug-likeness (QED) is 0.587. The van der Waals surface area contributed by atoms with Crippen molar-refractivity contribution in [3.63, 3.8) is 0 Å². The molecule has 0 saturated carbocycles. The van der Waals surface area contributed by atoms with Crippen molar-refractivity contribution in [2.75, 3.05) is 12.9 Å². The van der Waals surface area contributed by atoms with E-state index in [0.717, 1.165) is 17.2 Å². The number of rotatable bonds is 5. The van der Waals surface area contributed by atoms with E-state index in [4.69, 9.17) is 11.6 Å². The molecule has 0 atom stereocenters. The molecule has 6 heteroatoms. The topological polar surface area (TPSA) is 52.1 Å². The third-order valence-corrected chi connectivity index (χ3v) is 2.79. The molecule has 0 spiro atoms. The Labute approximate surface area is 97.4 Å². The van der Waals surface area contributed by atoms with Gasteiger partial charge >= 0.3 is 5.97 Å². The second-order valence-corrected chi connectivity index (χ2v) is 4.20. The molecule has 0 aliphatic rings. The van der Waals surface area contributed by atoms with Crippen molar-refractivity contribution < 1.29 is 9.53 Å². The van der Waals surface area contributed by atoms with Crippen LogP contribution in [-0.2, 0) is 15.3 Å². The highest BCUT2D eigenvalue weighted by Crippen LogP contribution is 2.11. The van der Waals surface area contributed by atoms with Crippen LogP contribution in [0.1, 0.15) is 12.1 Å². The molecule has 0 fully saturated rings. The highest BCUT2D eigenvalue weighted by molar-refractivity contribution is 7.98. The minimum absolute atomic E-state index is 0.190. The van der Waals surface area contributed by atoms with Crippen LogP contribution in [0.4, 0.5) is 0 Å². The van der Waals surface area contributed by atoms with Gasteiger partial charge in [-0.3, -0.25) is 9.78 Å². The van der Waals surface area contributed by atoms with Gasteiger partial charge in [0.15, 0.2) is 0 Å². The van der Waals surface area contributed by atoms with Crippen LogP contribution >= 0.6 is 23.4 Å². The summed E-state index contributed by atoms with van der Waals surface area (Å²) in [6.07, 6.45) is 3.56. The van der Waals surface area contributed by atoms with Gasteiger partial charge in [-0.1, -0.05) is 11.6 Å². The molecule has 0 unspecified atom stereocenters. The van der Waals surface area contributed by atoms with E-state index in [9.17, 15) is 4.79 Å². The SMILES string of the molecule is COC(=O)CCSCc1cnc(Cl)cn1. The summed E-state index contributed by atoms with van der Waals surface area (Å²) in [5, 5.41) is 0.387. The Morgan fingerprint density at radius 1 is 1.53 bits per heavy atom. The van der Waals surface area contributed by atoms with Gasteiger partial charge in [-0.05, 0) is 0 Å². The Balaban J connectivity index is 2.20. The highest BCUT2D eigenvalue weighted by atomic mass is 35.5. The van der Waals surface area contributed by atoms with Gasteiger partial charge in [-0.2, -0.15) is 11.8 Å². The van der Waals surface area contributed by atoms with Gasteiger partial charge in [0.2, 0.25) is 0 Å². The predicted molar refractivity (Wildman–Crippen MR) is 59.8 cm³/mol. The van der Waals surface area contributed by atoms with Gasteiger partial charge in [0.05, 0.1) is 31.6 Å². The third-order valence-electron chi connectivity index (χ3n) is 1.60. The molecule has 1 aromatic rings. The zero-order valence-electron chi connectivity index (χ0n) is 8.27. The van der Waals surface area contributed by atoms with Crippen LogP contribution in [0.2, 0.25) is 5.15 Å². The first-order valence-electron chi connectivity index (χ1n) is 4.33. The number of carbonyl (C=O) groups excluding carboxylic acids is 1. The molecule has 0 saturated heterocycles. The van der Waals surface area contributed by atoms with E-state index in [1.54, 1.807) is 18.0 Å². The predicted octanol–water partition coefficient (Wildman–Crippen LogP) is 1.93. The van der Waals surface area contributed by atoms with Gasteiger partial charge in [0.25, 0.3) is 0 Å². The van der Waals surface area contributed by atoms with Crippen molar-refractivity contribution in [2.45, 2.75) is 12.2 Å². The Hall–Kier alpha value is -0.810. The van der Waals surface area contributed by atoms with Crippen LogP contribution in [0.15, 0.2) is 12.4 Å². The molecule has 15 heavy (non-hydrogen) atoms.